The molecule has 12 heavy (non-hydrogen) atoms. The molecule has 2 nitrogen and oxygen atoms in total. The molecule has 0 unspecified atom stereocenters. The Morgan fingerprint density at radius 1 is 1.25 bits per heavy atom. The summed E-state index contributed by atoms with van der Waals surface area (Å²) in [7, 11) is 0. The lowest BCUT2D eigenvalue weighted by Gasteiger charge is -2.46. The van der Waals surface area contributed by atoms with Crippen molar-refractivity contribution in [3.05, 3.63) is 0 Å². The van der Waals surface area contributed by atoms with Crippen LogP contribution >= 0.6 is 0 Å². The zero-order chi connectivity index (χ0) is 9.41. The predicted molar refractivity (Wildman–Crippen MR) is 52.9 cm³/mol. The molecule has 1 fully saturated rings. The average Bonchev–Trinajstić information content (AvgIpc) is 1.83. The first-order valence-electron chi connectivity index (χ1n) is 4.87. The molecule has 0 atom stereocenters. The minimum atomic E-state index is 0.248. The molecule has 0 aromatic heterocycles. The highest BCUT2D eigenvalue weighted by Crippen LogP contribution is 2.22. The maximum absolute atomic E-state index is 3.57. The van der Waals surface area contributed by atoms with E-state index in [1.807, 2.05) is 0 Å². The Hall–Kier alpha value is -0.0800. The molecule has 0 aromatic carbocycles. The first-order chi connectivity index (χ1) is 5.31. The normalized spacial score (nSPS) is 25.8. The van der Waals surface area contributed by atoms with Gasteiger partial charge in [0.25, 0.3) is 0 Å². The van der Waals surface area contributed by atoms with Crippen LogP contribution in [0, 0.1) is 0 Å². The second kappa shape index (κ2) is 3.00. The van der Waals surface area contributed by atoms with Gasteiger partial charge in [-0.3, -0.25) is 0 Å². The first-order valence-corrected chi connectivity index (χ1v) is 4.87. The molecule has 0 spiro atoms. The Kier molecular flexibility index (Phi) is 2.50. The van der Waals surface area contributed by atoms with Gasteiger partial charge in [0.15, 0.2) is 0 Å². The molecule has 72 valence electrons. The lowest BCUT2D eigenvalue weighted by Crippen LogP contribution is -2.61. The van der Waals surface area contributed by atoms with Crippen molar-refractivity contribution in [2.75, 3.05) is 6.54 Å². The van der Waals surface area contributed by atoms with Crippen molar-refractivity contribution in [2.45, 2.75) is 58.5 Å². The molecule has 1 heterocycles. The van der Waals surface area contributed by atoms with Crippen molar-refractivity contribution in [2.24, 2.45) is 0 Å². The van der Waals surface area contributed by atoms with E-state index in [1.165, 1.54) is 19.4 Å². The molecule has 1 saturated heterocycles. The third-order valence-corrected chi connectivity index (χ3v) is 2.43. The van der Waals surface area contributed by atoms with Crippen molar-refractivity contribution >= 4 is 0 Å². The topological polar surface area (TPSA) is 15.3 Å². The van der Waals surface area contributed by atoms with Gasteiger partial charge in [-0.2, -0.15) is 0 Å². The largest absolute Gasteiger partial charge is 0.249 e. The van der Waals surface area contributed by atoms with Gasteiger partial charge < -0.3 is 0 Å². The molecule has 0 aromatic rings. The van der Waals surface area contributed by atoms with Crippen molar-refractivity contribution in [1.29, 1.82) is 0 Å². The number of hydrazine groups is 1. The van der Waals surface area contributed by atoms with Crippen LogP contribution in [-0.2, 0) is 0 Å². The smallest absolute Gasteiger partial charge is 0.0270 e. The molecule has 0 amide bonds. The molecule has 0 saturated carbocycles. The highest BCUT2D eigenvalue weighted by Gasteiger charge is 2.31. The van der Waals surface area contributed by atoms with Crippen molar-refractivity contribution in [1.82, 2.24) is 10.4 Å². The molecule has 1 rings (SSSR count). The van der Waals surface area contributed by atoms with Gasteiger partial charge in [-0.1, -0.05) is 0 Å². The Balaban J connectivity index is 2.58. The number of nitrogens with one attached hydrogen (secondary N) is 1. The number of hydrogen-bond donors (Lipinski definition) is 1. The third kappa shape index (κ3) is 2.46. The minimum absolute atomic E-state index is 0.248. The van der Waals surface area contributed by atoms with Gasteiger partial charge in [-0.05, 0) is 47.5 Å². The summed E-state index contributed by atoms with van der Waals surface area (Å²) in [5.41, 5.74) is 4.10. The van der Waals surface area contributed by atoms with Crippen LogP contribution in [0.2, 0.25) is 0 Å². The van der Waals surface area contributed by atoms with Gasteiger partial charge in [0.1, 0.15) is 0 Å². The van der Waals surface area contributed by atoms with E-state index >= 15 is 0 Å². The number of rotatable bonds is 0. The van der Waals surface area contributed by atoms with Crippen LogP contribution in [0.1, 0.15) is 47.5 Å². The van der Waals surface area contributed by atoms with Crippen LogP contribution in [0.15, 0.2) is 0 Å². The molecule has 1 aliphatic heterocycles. The lowest BCUT2D eigenvalue weighted by atomic mass is 9.95. The fraction of sp³-hybridized carbons (Fsp3) is 1.00. The SMILES string of the molecule is CC1(C)CCCN(C(C)(C)C)N1. The summed E-state index contributed by atoms with van der Waals surface area (Å²) < 4.78 is 0. The average molecular weight is 170 g/mol. The fourth-order valence-electron chi connectivity index (χ4n) is 1.66. The van der Waals surface area contributed by atoms with E-state index in [2.05, 4.69) is 45.1 Å². The van der Waals surface area contributed by atoms with E-state index in [-0.39, 0.29) is 11.1 Å². The molecule has 0 radical (unpaired) electrons. The molecular formula is C10H22N2. The number of hydrogen-bond acceptors (Lipinski definition) is 2. The molecule has 2 heteroatoms. The summed E-state index contributed by atoms with van der Waals surface area (Å²) in [5.74, 6) is 0. The second-order valence-electron chi connectivity index (χ2n) is 5.42. The van der Waals surface area contributed by atoms with Gasteiger partial charge in [0.2, 0.25) is 0 Å². The van der Waals surface area contributed by atoms with Crippen LogP contribution in [0.25, 0.3) is 0 Å². The van der Waals surface area contributed by atoms with Crippen molar-refractivity contribution in [3.8, 4) is 0 Å². The standard InChI is InChI=1S/C10H22N2/c1-9(2,3)12-8-6-7-10(4,5)11-12/h11H,6-8H2,1-5H3. The summed E-state index contributed by atoms with van der Waals surface area (Å²) in [6.45, 7) is 12.5. The van der Waals surface area contributed by atoms with E-state index in [0.717, 1.165) is 0 Å². The van der Waals surface area contributed by atoms with E-state index < -0.39 is 0 Å². The van der Waals surface area contributed by atoms with E-state index in [0.29, 0.717) is 0 Å². The summed E-state index contributed by atoms with van der Waals surface area (Å²) in [5, 5.41) is 2.36. The monoisotopic (exact) mass is 170 g/mol. The lowest BCUT2D eigenvalue weighted by molar-refractivity contribution is -0.00341. The van der Waals surface area contributed by atoms with E-state index in [9.17, 15) is 0 Å². The fourth-order valence-corrected chi connectivity index (χ4v) is 1.66. The Morgan fingerprint density at radius 3 is 2.17 bits per heavy atom. The molecule has 1 aliphatic rings. The maximum Gasteiger partial charge on any atom is 0.0270 e. The molecule has 0 aliphatic carbocycles. The summed E-state index contributed by atoms with van der Waals surface area (Å²) >= 11 is 0. The van der Waals surface area contributed by atoms with Gasteiger partial charge in [-0.15, -0.1) is 0 Å². The quantitative estimate of drug-likeness (QED) is 0.599. The van der Waals surface area contributed by atoms with E-state index in [1.54, 1.807) is 0 Å². The highest BCUT2D eigenvalue weighted by atomic mass is 15.6. The summed E-state index contributed by atoms with van der Waals surface area (Å²) in [6, 6.07) is 0. The predicted octanol–water partition coefficient (Wildman–Crippen LogP) is 2.16. The van der Waals surface area contributed by atoms with Crippen molar-refractivity contribution in [3.63, 3.8) is 0 Å². The summed E-state index contributed by atoms with van der Waals surface area (Å²) in [4.78, 5) is 0. The minimum Gasteiger partial charge on any atom is -0.249 e. The number of nitrogens with zero attached hydrogens (tertiary/aromatic N) is 1. The van der Waals surface area contributed by atoms with Gasteiger partial charge in [0.05, 0.1) is 0 Å². The van der Waals surface area contributed by atoms with Gasteiger partial charge in [-0.25, -0.2) is 10.4 Å². The van der Waals surface area contributed by atoms with Gasteiger partial charge >= 0.3 is 0 Å². The van der Waals surface area contributed by atoms with Crippen molar-refractivity contribution < 1.29 is 0 Å². The zero-order valence-corrected chi connectivity index (χ0v) is 9.07. The second-order valence-corrected chi connectivity index (χ2v) is 5.42. The van der Waals surface area contributed by atoms with Crippen LogP contribution in [0.5, 0.6) is 0 Å². The Bertz CT molecular complexity index is 152. The van der Waals surface area contributed by atoms with Crippen LogP contribution in [0.4, 0.5) is 0 Å². The zero-order valence-electron chi connectivity index (χ0n) is 9.07. The first kappa shape index (κ1) is 10.0. The molecule has 0 bridgehead atoms. The Labute approximate surface area is 76.3 Å². The highest BCUT2D eigenvalue weighted by molar-refractivity contribution is 4.85. The summed E-state index contributed by atoms with van der Waals surface area (Å²) in [6.07, 6.45) is 2.58. The Morgan fingerprint density at radius 2 is 1.83 bits per heavy atom. The van der Waals surface area contributed by atoms with Crippen LogP contribution in [0.3, 0.4) is 0 Å². The van der Waals surface area contributed by atoms with Crippen LogP contribution < -0.4 is 5.43 Å². The maximum atomic E-state index is 3.57. The molecular weight excluding hydrogens is 148 g/mol. The third-order valence-electron chi connectivity index (χ3n) is 2.43. The molecule has 1 N–H and O–H groups in total. The van der Waals surface area contributed by atoms with Crippen LogP contribution in [-0.4, -0.2) is 22.6 Å². The van der Waals surface area contributed by atoms with E-state index in [4.69, 9.17) is 0 Å². The van der Waals surface area contributed by atoms with Gasteiger partial charge in [0, 0.05) is 17.6 Å².